The number of carbonyl (C=O) groups is 1. The van der Waals surface area contributed by atoms with Crippen molar-refractivity contribution in [1.29, 1.82) is 0 Å². The van der Waals surface area contributed by atoms with Crippen LogP contribution in [-0.2, 0) is 4.79 Å². The first-order chi connectivity index (χ1) is 8.07. The molecule has 1 aliphatic rings. The highest BCUT2D eigenvalue weighted by Gasteiger charge is 2.36. The number of benzene rings is 1. The molecule has 0 amide bonds. The molecule has 0 aliphatic heterocycles. The van der Waals surface area contributed by atoms with Gasteiger partial charge < -0.3 is 4.79 Å². The molecule has 1 aromatic rings. The van der Waals surface area contributed by atoms with Crippen LogP contribution in [-0.4, -0.2) is 6.29 Å². The average Bonchev–Trinajstić information content (AvgIpc) is 2.31. The van der Waals surface area contributed by atoms with Crippen LogP contribution in [0.4, 0.5) is 0 Å². The van der Waals surface area contributed by atoms with E-state index in [1.54, 1.807) is 0 Å². The van der Waals surface area contributed by atoms with Gasteiger partial charge in [0.2, 0.25) is 0 Å². The van der Waals surface area contributed by atoms with Crippen LogP contribution in [0.25, 0.3) is 0 Å². The molecular formula is C16H22O. The van der Waals surface area contributed by atoms with E-state index >= 15 is 0 Å². The summed E-state index contributed by atoms with van der Waals surface area (Å²) in [7, 11) is 0. The van der Waals surface area contributed by atoms with Gasteiger partial charge in [0.15, 0.2) is 0 Å². The van der Waals surface area contributed by atoms with Crippen LogP contribution in [0.3, 0.4) is 0 Å². The molecule has 17 heavy (non-hydrogen) atoms. The number of hydrogen-bond acceptors (Lipinski definition) is 1. The number of fused-ring (bicyclic) bond motifs is 1. The molecule has 0 saturated heterocycles. The Balaban J connectivity index is 2.55. The minimum Gasteiger partial charge on any atom is -0.303 e. The number of rotatable bonds is 2. The Morgan fingerprint density at radius 2 is 1.88 bits per heavy atom. The Kier molecular flexibility index (Phi) is 3.37. The van der Waals surface area contributed by atoms with Gasteiger partial charge in [-0.3, -0.25) is 0 Å². The summed E-state index contributed by atoms with van der Waals surface area (Å²) in [6.45, 7) is 9.13. The minimum atomic E-state index is 0.411. The van der Waals surface area contributed by atoms with E-state index in [9.17, 15) is 4.79 Å². The number of hydrogen-bond donors (Lipinski definition) is 0. The van der Waals surface area contributed by atoms with Crippen molar-refractivity contribution in [2.45, 2.75) is 46.0 Å². The fraction of sp³-hybridized carbons (Fsp3) is 0.562. The largest absolute Gasteiger partial charge is 0.303 e. The molecule has 0 heterocycles. The molecule has 4 atom stereocenters. The zero-order valence-electron chi connectivity index (χ0n) is 11.2. The van der Waals surface area contributed by atoms with Crippen molar-refractivity contribution in [3.63, 3.8) is 0 Å². The third-order valence-corrected chi connectivity index (χ3v) is 4.82. The highest BCUT2D eigenvalue weighted by atomic mass is 16.1. The highest BCUT2D eigenvalue weighted by molar-refractivity contribution is 5.54. The molecule has 0 radical (unpaired) electrons. The second-order valence-electron chi connectivity index (χ2n) is 5.59. The molecule has 2 rings (SSSR count). The minimum absolute atomic E-state index is 0.411. The number of aryl methyl sites for hydroxylation is 1. The van der Waals surface area contributed by atoms with E-state index in [4.69, 9.17) is 0 Å². The van der Waals surface area contributed by atoms with Crippen LogP contribution in [0, 0.1) is 18.8 Å². The molecule has 4 unspecified atom stereocenters. The zero-order chi connectivity index (χ0) is 12.6. The first-order valence-electron chi connectivity index (χ1n) is 6.61. The van der Waals surface area contributed by atoms with E-state index in [-0.39, 0.29) is 0 Å². The third kappa shape index (κ3) is 1.92. The van der Waals surface area contributed by atoms with E-state index in [2.05, 4.69) is 45.9 Å². The predicted molar refractivity (Wildman–Crippen MR) is 71.3 cm³/mol. The molecule has 0 fully saturated rings. The average molecular weight is 230 g/mol. The summed E-state index contributed by atoms with van der Waals surface area (Å²) in [4.78, 5) is 10.9. The van der Waals surface area contributed by atoms with Crippen molar-refractivity contribution in [3.05, 3.63) is 34.9 Å². The second-order valence-corrected chi connectivity index (χ2v) is 5.59. The molecule has 0 aromatic heterocycles. The summed E-state index contributed by atoms with van der Waals surface area (Å²) >= 11 is 0. The molecule has 1 heteroatoms. The van der Waals surface area contributed by atoms with Gasteiger partial charge in [0, 0.05) is 6.42 Å². The fourth-order valence-electron chi connectivity index (χ4n) is 3.46. The smallest absolute Gasteiger partial charge is 0.120 e. The summed E-state index contributed by atoms with van der Waals surface area (Å²) in [6.07, 6.45) is 1.74. The Bertz CT molecular complexity index is 422. The summed E-state index contributed by atoms with van der Waals surface area (Å²) < 4.78 is 0. The van der Waals surface area contributed by atoms with Gasteiger partial charge >= 0.3 is 0 Å². The maximum Gasteiger partial charge on any atom is 0.120 e. The second kappa shape index (κ2) is 4.64. The lowest BCUT2D eigenvalue weighted by Gasteiger charge is -2.40. The van der Waals surface area contributed by atoms with Gasteiger partial charge in [-0.2, -0.15) is 0 Å². The fourth-order valence-corrected chi connectivity index (χ4v) is 3.46. The number of aldehydes is 1. The van der Waals surface area contributed by atoms with Gasteiger partial charge in [0.05, 0.1) is 0 Å². The molecule has 1 aliphatic carbocycles. The van der Waals surface area contributed by atoms with Crippen molar-refractivity contribution >= 4 is 6.29 Å². The van der Waals surface area contributed by atoms with E-state index < -0.39 is 0 Å². The van der Waals surface area contributed by atoms with Crippen molar-refractivity contribution < 1.29 is 4.79 Å². The predicted octanol–water partition coefficient (Wildman–Crippen LogP) is 4.06. The van der Waals surface area contributed by atoms with E-state index in [0.717, 1.165) is 6.29 Å². The van der Waals surface area contributed by atoms with Crippen LogP contribution in [0.5, 0.6) is 0 Å². The lowest BCUT2D eigenvalue weighted by Crippen LogP contribution is -2.29. The van der Waals surface area contributed by atoms with Gasteiger partial charge in [0.1, 0.15) is 6.29 Å². The quantitative estimate of drug-likeness (QED) is 0.700. The molecule has 1 aromatic carbocycles. The Morgan fingerprint density at radius 1 is 1.18 bits per heavy atom. The molecule has 1 nitrogen and oxygen atoms in total. The molecule has 92 valence electrons. The van der Waals surface area contributed by atoms with E-state index in [1.165, 1.54) is 16.7 Å². The normalized spacial score (nSPS) is 32.0. The SMILES string of the molecule is Cc1cccc2c1C(C)C(C)C(C)C2CC=O. The van der Waals surface area contributed by atoms with Crippen molar-refractivity contribution in [1.82, 2.24) is 0 Å². The van der Waals surface area contributed by atoms with E-state index in [1.807, 2.05) is 0 Å². The highest BCUT2D eigenvalue weighted by Crippen LogP contribution is 2.47. The monoisotopic (exact) mass is 230 g/mol. The molecule has 0 N–H and O–H groups in total. The van der Waals surface area contributed by atoms with Crippen molar-refractivity contribution in [2.75, 3.05) is 0 Å². The molecule has 0 bridgehead atoms. The maximum absolute atomic E-state index is 10.9. The molecular weight excluding hydrogens is 208 g/mol. The Morgan fingerprint density at radius 3 is 2.53 bits per heavy atom. The molecule has 0 spiro atoms. The van der Waals surface area contributed by atoms with E-state index in [0.29, 0.717) is 30.1 Å². The van der Waals surface area contributed by atoms with Crippen LogP contribution < -0.4 is 0 Å². The van der Waals surface area contributed by atoms with Crippen molar-refractivity contribution in [2.24, 2.45) is 11.8 Å². The first-order valence-corrected chi connectivity index (χ1v) is 6.61. The van der Waals surface area contributed by atoms with Gasteiger partial charge in [-0.05, 0) is 47.3 Å². The van der Waals surface area contributed by atoms with Crippen LogP contribution in [0.2, 0.25) is 0 Å². The van der Waals surface area contributed by atoms with Crippen molar-refractivity contribution in [3.8, 4) is 0 Å². The van der Waals surface area contributed by atoms with Crippen LogP contribution in [0.15, 0.2) is 18.2 Å². The lowest BCUT2D eigenvalue weighted by atomic mass is 9.64. The number of carbonyl (C=O) groups excluding carboxylic acids is 1. The van der Waals surface area contributed by atoms with Gasteiger partial charge in [0.25, 0.3) is 0 Å². The van der Waals surface area contributed by atoms with Crippen LogP contribution in [0.1, 0.15) is 55.7 Å². The van der Waals surface area contributed by atoms with Gasteiger partial charge in [-0.15, -0.1) is 0 Å². The lowest BCUT2D eigenvalue weighted by molar-refractivity contribution is -0.108. The zero-order valence-corrected chi connectivity index (χ0v) is 11.2. The topological polar surface area (TPSA) is 17.1 Å². The van der Waals surface area contributed by atoms with Crippen LogP contribution >= 0.6 is 0 Å². The standard InChI is InChI=1S/C16H22O/c1-10-6-5-7-15-14(8-9-17)12(3)11(2)13(4)16(10)15/h5-7,9,11-14H,8H2,1-4H3. The summed E-state index contributed by atoms with van der Waals surface area (Å²) in [5, 5.41) is 0. The van der Waals surface area contributed by atoms with Gasteiger partial charge in [-0.1, -0.05) is 39.0 Å². The third-order valence-electron chi connectivity index (χ3n) is 4.82. The van der Waals surface area contributed by atoms with Gasteiger partial charge in [-0.25, -0.2) is 0 Å². The Hall–Kier alpha value is -1.11. The first kappa shape index (κ1) is 12.3. The molecule has 0 saturated carbocycles. The summed E-state index contributed by atoms with van der Waals surface area (Å²) in [6, 6.07) is 6.53. The maximum atomic E-state index is 10.9. The summed E-state index contributed by atoms with van der Waals surface area (Å²) in [5.74, 6) is 2.25. The Labute approximate surface area is 104 Å². The summed E-state index contributed by atoms with van der Waals surface area (Å²) in [5.41, 5.74) is 4.28.